The topological polar surface area (TPSA) is 40.5 Å². The van der Waals surface area contributed by atoms with E-state index in [0.29, 0.717) is 11.6 Å². The minimum absolute atomic E-state index is 0.534. The fourth-order valence-electron chi connectivity index (χ4n) is 2.23. The Hall–Kier alpha value is -0.830. The summed E-state index contributed by atoms with van der Waals surface area (Å²) < 4.78 is 0. The smallest absolute Gasteiger partial charge is 0.331 e. The third-order valence-electron chi connectivity index (χ3n) is 3.35. The Labute approximate surface area is 84.4 Å². The van der Waals surface area contributed by atoms with E-state index in [0.717, 1.165) is 24.6 Å². The summed E-state index contributed by atoms with van der Waals surface area (Å²) in [5.74, 6) is -0.759. The lowest BCUT2D eigenvalue weighted by atomic mass is 10.1. The number of carbonyl (C=O) groups is 1. The Morgan fingerprint density at radius 2 is 2.14 bits per heavy atom. The molecule has 2 rings (SSSR count). The molecule has 2 fully saturated rings. The molecule has 0 aromatic carbocycles. The van der Waals surface area contributed by atoms with Gasteiger partial charge in [-0.05, 0) is 38.7 Å². The molecule has 1 heterocycles. The third kappa shape index (κ3) is 1.69. The van der Waals surface area contributed by atoms with Crippen molar-refractivity contribution >= 4 is 5.97 Å². The molecule has 2 aliphatic rings. The molecule has 0 aromatic rings. The number of carboxylic acids is 1. The van der Waals surface area contributed by atoms with Gasteiger partial charge in [0.25, 0.3) is 0 Å². The maximum Gasteiger partial charge on any atom is 0.331 e. The largest absolute Gasteiger partial charge is 0.478 e. The predicted molar refractivity (Wildman–Crippen MR) is 54.1 cm³/mol. The second-order valence-electron chi connectivity index (χ2n) is 4.49. The van der Waals surface area contributed by atoms with Crippen molar-refractivity contribution in [1.29, 1.82) is 0 Å². The van der Waals surface area contributed by atoms with Crippen LogP contribution >= 0.6 is 0 Å². The highest BCUT2D eigenvalue weighted by Gasteiger charge is 2.37. The highest BCUT2D eigenvalue weighted by Crippen LogP contribution is 2.35. The van der Waals surface area contributed by atoms with Gasteiger partial charge in [0, 0.05) is 24.2 Å². The molecule has 1 unspecified atom stereocenters. The molecule has 0 bridgehead atoms. The molecule has 1 aliphatic carbocycles. The summed E-state index contributed by atoms with van der Waals surface area (Å²) in [6, 6.07) is 1.27. The predicted octanol–water partition coefficient (Wildman–Crippen LogP) is 1.64. The van der Waals surface area contributed by atoms with Crippen LogP contribution in [0.5, 0.6) is 0 Å². The van der Waals surface area contributed by atoms with Gasteiger partial charge in [-0.1, -0.05) is 0 Å². The van der Waals surface area contributed by atoms with E-state index in [1.807, 2.05) is 0 Å². The van der Waals surface area contributed by atoms with Crippen LogP contribution in [0.4, 0.5) is 0 Å². The van der Waals surface area contributed by atoms with Gasteiger partial charge in [0.2, 0.25) is 0 Å². The first-order valence-corrected chi connectivity index (χ1v) is 5.27. The van der Waals surface area contributed by atoms with Crippen LogP contribution in [-0.4, -0.2) is 34.6 Å². The molecular formula is C11H17NO2. The van der Waals surface area contributed by atoms with E-state index in [-0.39, 0.29) is 0 Å². The first kappa shape index (κ1) is 9.71. The fourth-order valence-corrected chi connectivity index (χ4v) is 2.23. The van der Waals surface area contributed by atoms with Crippen molar-refractivity contribution in [2.24, 2.45) is 0 Å². The van der Waals surface area contributed by atoms with Crippen molar-refractivity contribution in [2.45, 2.75) is 45.2 Å². The number of hydrogen-bond donors (Lipinski definition) is 1. The summed E-state index contributed by atoms with van der Waals surface area (Å²) in [5.41, 5.74) is 1.68. The minimum Gasteiger partial charge on any atom is -0.478 e. The molecule has 3 heteroatoms. The Kier molecular flexibility index (Phi) is 2.35. The minimum atomic E-state index is -0.759. The Morgan fingerprint density at radius 1 is 1.50 bits per heavy atom. The van der Waals surface area contributed by atoms with Crippen molar-refractivity contribution in [2.75, 3.05) is 6.54 Å². The quantitative estimate of drug-likeness (QED) is 0.681. The first-order valence-electron chi connectivity index (χ1n) is 5.27. The van der Waals surface area contributed by atoms with Gasteiger partial charge in [0.05, 0.1) is 0 Å². The molecule has 78 valence electrons. The van der Waals surface area contributed by atoms with Gasteiger partial charge >= 0.3 is 5.97 Å². The van der Waals surface area contributed by atoms with Crippen molar-refractivity contribution in [3.8, 4) is 0 Å². The molecule has 1 atom stereocenters. The summed E-state index contributed by atoms with van der Waals surface area (Å²) in [7, 11) is 0. The average Bonchev–Trinajstić information content (AvgIpc) is 2.89. The summed E-state index contributed by atoms with van der Waals surface area (Å²) in [4.78, 5) is 13.3. The van der Waals surface area contributed by atoms with Gasteiger partial charge in [-0.3, -0.25) is 4.90 Å². The molecule has 0 radical (unpaired) electrons. The van der Waals surface area contributed by atoms with Crippen LogP contribution in [0, 0.1) is 0 Å². The van der Waals surface area contributed by atoms with Crippen molar-refractivity contribution < 1.29 is 9.90 Å². The Balaban J connectivity index is 2.11. The standard InChI is InChI=1S/C11H17NO2/c1-7-5-9(8(2)11(13)14)6-12(7)10-3-4-10/h7,10H,3-6H2,1-2H3,(H,13,14). The van der Waals surface area contributed by atoms with Crippen LogP contribution in [-0.2, 0) is 4.79 Å². The maximum atomic E-state index is 10.8. The Morgan fingerprint density at radius 3 is 2.64 bits per heavy atom. The van der Waals surface area contributed by atoms with Gasteiger partial charge in [-0.2, -0.15) is 0 Å². The van der Waals surface area contributed by atoms with Crippen molar-refractivity contribution in [3.05, 3.63) is 11.1 Å². The van der Waals surface area contributed by atoms with Gasteiger partial charge in [-0.15, -0.1) is 0 Å². The van der Waals surface area contributed by atoms with Gasteiger partial charge < -0.3 is 5.11 Å². The van der Waals surface area contributed by atoms with Crippen LogP contribution in [0.15, 0.2) is 11.1 Å². The van der Waals surface area contributed by atoms with Crippen LogP contribution in [0.3, 0.4) is 0 Å². The van der Waals surface area contributed by atoms with E-state index in [1.165, 1.54) is 12.8 Å². The monoisotopic (exact) mass is 195 g/mol. The summed E-state index contributed by atoms with van der Waals surface area (Å²) in [5, 5.41) is 8.89. The van der Waals surface area contributed by atoms with Crippen LogP contribution in [0.1, 0.15) is 33.1 Å². The van der Waals surface area contributed by atoms with Gasteiger partial charge in [-0.25, -0.2) is 4.79 Å². The molecule has 3 nitrogen and oxygen atoms in total. The number of likely N-dealkylation sites (tertiary alicyclic amines) is 1. The zero-order valence-corrected chi connectivity index (χ0v) is 8.79. The van der Waals surface area contributed by atoms with Crippen molar-refractivity contribution in [3.63, 3.8) is 0 Å². The van der Waals surface area contributed by atoms with E-state index < -0.39 is 5.97 Å². The molecule has 1 N–H and O–H groups in total. The molecule has 14 heavy (non-hydrogen) atoms. The van der Waals surface area contributed by atoms with Crippen LogP contribution in [0.25, 0.3) is 0 Å². The lowest BCUT2D eigenvalue weighted by Crippen LogP contribution is -2.28. The lowest BCUT2D eigenvalue weighted by molar-refractivity contribution is -0.132. The maximum absolute atomic E-state index is 10.8. The number of rotatable bonds is 2. The SMILES string of the molecule is CC(C(=O)O)=C1CC(C)N(C2CC2)C1. The third-order valence-corrected chi connectivity index (χ3v) is 3.35. The van der Waals surface area contributed by atoms with E-state index in [2.05, 4.69) is 11.8 Å². The van der Waals surface area contributed by atoms with E-state index in [1.54, 1.807) is 6.92 Å². The van der Waals surface area contributed by atoms with Crippen LogP contribution < -0.4 is 0 Å². The molecule has 1 saturated carbocycles. The molecule has 0 amide bonds. The van der Waals surface area contributed by atoms with E-state index >= 15 is 0 Å². The normalized spacial score (nSPS) is 32.0. The van der Waals surface area contributed by atoms with E-state index in [9.17, 15) is 4.79 Å². The summed E-state index contributed by atoms with van der Waals surface area (Å²) in [6.07, 6.45) is 3.53. The molecule has 1 aliphatic heterocycles. The lowest BCUT2D eigenvalue weighted by Gasteiger charge is -2.19. The molecule has 1 saturated heterocycles. The highest BCUT2D eigenvalue weighted by atomic mass is 16.4. The summed E-state index contributed by atoms with van der Waals surface area (Å²) >= 11 is 0. The fraction of sp³-hybridized carbons (Fsp3) is 0.727. The number of aliphatic carboxylic acids is 1. The summed E-state index contributed by atoms with van der Waals surface area (Å²) in [6.45, 7) is 4.80. The number of hydrogen-bond acceptors (Lipinski definition) is 2. The molecule has 0 aromatic heterocycles. The second-order valence-corrected chi connectivity index (χ2v) is 4.49. The highest BCUT2D eigenvalue weighted by molar-refractivity contribution is 5.87. The molecular weight excluding hydrogens is 178 g/mol. The van der Waals surface area contributed by atoms with E-state index in [4.69, 9.17) is 5.11 Å². The zero-order valence-electron chi connectivity index (χ0n) is 8.79. The van der Waals surface area contributed by atoms with Crippen molar-refractivity contribution in [1.82, 2.24) is 4.90 Å². The first-order chi connectivity index (χ1) is 6.59. The van der Waals surface area contributed by atoms with Gasteiger partial charge in [0.15, 0.2) is 0 Å². The Bertz CT molecular complexity index is 292. The number of carboxylic acid groups (broad SMARTS) is 1. The molecule has 0 spiro atoms. The second kappa shape index (κ2) is 3.39. The average molecular weight is 195 g/mol. The van der Waals surface area contributed by atoms with Gasteiger partial charge in [0.1, 0.15) is 0 Å². The number of nitrogens with zero attached hydrogens (tertiary/aromatic N) is 1. The van der Waals surface area contributed by atoms with Crippen LogP contribution in [0.2, 0.25) is 0 Å². The zero-order chi connectivity index (χ0) is 10.3.